The second kappa shape index (κ2) is 10.0. The van der Waals surface area contributed by atoms with Gasteiger partial charge in [-0.25, -0.2) is 4.98 Å². The number of aryl methyl sites for hydroxylation is 2. The van der Waals surface area contributed by atoms with Crippen molar-refractivity contribution >= 4 is 22.6 Å². The minimum Gasteiger partial charge on any atom is -0.494 e. The van der Waals surface area contributed by atoms with Gasteiger partial charge in [0.25, 0.3) is 0 Å². The molecule has 0 unspecified atom stereocenters. The van der Waals surface area contributed by atoms with Crippen molar-refractivity contribution in [1.82, 2.24) is 14.8 Å². The minimum absolute atomic E-state index is 0.0600. The predicted molar refractivity (Wildman–Crippen MR) is 143 cm³/mol. The summed E-state index contributed by atoms with van der Waals surface area (Å²) in [6.07, 6.45) is 0.302. The van der Waals surface area contributed by atoms with Crippen LogP contribution in [0.25, 0.3) is 16.7 Å². The molecule has 5 aromatic rings. The zero-order valence-corrected chi connectivity index (χ0v) is 20.6. The zero-order valence-electron chi connectivity index (χ0n) is 20.6. The summed E-state index contributed by atoms with van der Waals surface area (Å²) in [5.74, 6) is 1.74. The number of nitrogens with zero attached hydrogens (tertiary/aromatic N) is 3. The third kappa shape index (κ3) is 4.70. The number of amides is 1. The van der Waals surface area contributed by atoms with Gasteiger partial charge < -0.3 is 10.1 Å². The summed E-state index contributed by atoms with van der Waals surface area (Å²) in [5, 5.41) is 8.73. The van der Waals surface area contributed by atoms with Crippen molar-refractivity contribution in [2.75, 3.05) is 12.4 Å². The quantitative estimate of drug-likeness (QED) is 0.303. The standard InChI is InChI=1S/C30H28N4O2/c1-20-17-27(32-30-24(20)15-10-16-26(30)36-3)34-28(18-21(2)33-34)31-29(35)19-25(22-11-6-4-7-12-22)23-13-8-5-9-14-23/h4-18,25H,19H2,1-3H3,(H,31,35). The number of aromatic nitrogens is 3. The van der Waals surface area contributed by atoms with E-state index in [1.807, 2.05) is 80.6 Å². The molecule has 6 nitrogen and oxygen atoms in total. The summed E-state index contributed by atoms with van der Waals surface area (Å²) in [6.45, 7) is 3.93. The van der Waals surface area contributed by atoms with E-state index in [-0.39, 0.29) is 11.8 Å². The Morgan fingerprint density at radius 1 is 0.917 bits per heavy atom. The van der Waals surface area contributed by atoms with Gasteiger partial charge >= 0.3 is 0 Å². The number of carbonyl (C=O) groups excluding carboxylic acids is 1. The molecule has 1 N–H and O–H groups in total. The van der Waals surface area contributed by atoms with Crippen molar-refractivity contribution in [2.24, 2.45) is 0 Å². The number of hydrogen-bond acceptors (Lipinski definition) is 4. The first-order valence-corrected chi connectivity index (χ1v) is 11.9. The molecule has 0 saturated carbocycles. The predicted octanol–water partition coefficient (Wildman–Crippen LogP) is 6.21. The van der Waals surface area contributed by atoms with Crippen molar-refractivity contribution in [3.05, 3.63) is 113 Å². The number of fused-ring (bicyclic) bond motifs is 1. The molecule has 0 spiro atoms. The van der Waals surface area contributed by atoms with Crippen molar-refractivity contribution in [3.8, 4) is 11.6 Å². The molecule has 2 aromatic heterocycles. The van der Waals surface area contributed by atoms with Crippen LogP contribution in [0.1, 0.15) is 34.7 Å². The van der Waals surface area contributed by atoms with E-state index >= 15 is 0 Å². The number of rotatable bonds is 7. The molecule has 36 heavy (non-hydrogen) atoms. The molecule has 0 fully saturated rings. The van der Waals surface area contributed by atoms with E-state index in [4.69, 9.17) is 9.72 Å². The number of para-hydroxylation sites is 1. The molecule has 3 aromatic carbocycles. The molecule has 0 aliphatic rings. The van der Waals surface area contributed by atoms with E-state index < -0.39 is 0 Å². The van der Waals surface area contributed by atoms with Crippen LogP contribution in [0.4, 0.5) is 5.82 Å². The van der Waals surface area contributed by atoms with Crippen molar-refractivity contribution < 1.29 is 9.53 Å². The van der Waals surface area contributed by atoms with E-state index in [1.165, 1.54) is 0 Å². The highest BCUT2D eigenvalue weighted by atomic mass is 16.5. The van der Waals surface area contributed by atoms with Crippen molar-refractivity contribution in [3.63, 3.8) is 0 Å². The van der Waals surface area contributed by atoms with Crippen LogP contribution in [0.3, 0.4) is 0 Å². The minimum atomic E-state index is -0.0936. The normalized spacial score (nSPS) is 11.1. The molecule has 0 bridgehead atoms. The molecule has 0 radical (unpaired) electrons. The van der Waals surface area contributed by atoms with Crippen LogP contribution < -0.4 is 10.1 Å². The number of anilines is 1. The van der Waals surface area contributed by atoms with Gasteiger partial charge in [-0.05, 0) is 42.7 Å². The number of methoxy groups -OCH3 is 1. The van der Waals surface area contributed by atoms with Crippen LogP contribution in [-0.4, -0.2) is 27.8 Å². The molecule has 2 heterocycles. The van der Waals surface area contributed by atoms with E-state index in [0.29, 0.717) is 23.8 Å². The molecule has 0 aliphatic heterocycles. The highest BCUT2D eigenvalue weighted by Gasteiger charge is 2.20. The summed E-state index contributed by atoms with van der Waals surface area (Å²) in [5.41, 5.74) is 4.79. The van der Waals surface area contributed by atoms with Gasteiger partial charge in [0.1, 0.15) is 17.1 Å². The molecular formula is C30H28N4O2. The third-order valence-electron chi connectivity index (χ3n) is 6.33. The van der Waals surface area contributed by atoms with E-state index in [2.05, 4.69) is 34.7 Å². The SMILES string of the molecule is COc1cccc2c(C)cc(-n3nc(C)cc3NC(=O)CC(c3ccccc3)c3ccccc3)nc12. The van der Waals surface area contributed by atoms with Gasteiger partial charge in [-0.1, -0.05) is 72.8 Å². The number of nitrogens with one attached hydrogen (secondary N) is 1. The van der Waals surface area contributed by atoms with Gasteiger partial charge in [0, 0.05) is 23.8 Å². The highest BCUT2D eigenvalue weighted by Crippen LogP contribution is 2.30. The Labute approximate surface area is 210 Å². The first-order chi connectivity index (χ1) is 17.5. The molecule has 1 amide bonds. The van der Waals surface area contributed by atoms with E-state index in [9.17, 15) is 4.79 Å². The lowest BCUT2D eigenvalue weighted by Crippen LogP contribution is -2.19. The first-order valence-electron chi connectivity index (χ1n) is 11.9. The molecular weight excluding hydrogens is 448 g/mol. The summed E-state index contributed by atoms with van der Waals surface area (Å²) < 4.78 is 7.23. The monoisotopic (exact) mass is 476 g/mol. The maximum absolute atomic E-state index is 13.3. The number of benzene rings is 3. The number of carbonyl (C=O) groups is 1. The van der Waals surface area contributed by atoms with E-state index in [1.54, 1.807) is 11.8 Å². The Kier molecular flexibility index (Phi) is 6.50. The highest BCUT2D eigenvalue weighted by molar-refractivity contribution is 5.91. The lowest BCUT2D eigenvalue weighted by atomic mass is 9.88. The van der Waals surface area contributed by atoms with Crippen LogP contribution in [0.5, 0.6) is 5.75 Å². The third-order valence-corrected chi connectivity index (χ3v) is 6.33. The van der Waals surface area contributed by atoms with Gasteiger partial charge in [0.05, 0.1) is 12.8 Å². The summed E-state index contributed by atoms with van der Waals surface area (Å²) >= 11 is 0. The second-order valence-corrected chi connectivity index (χ2v) is 8.86. The van der Waals surface area contributed by atoms with Crippen molar-refractivity contribution in [2.45, 2.75) is 26.2 Å². The molecule has 6 heteroatoms. The maximum Gasteiger partial charge on any atom is 0.226 e. The van der Waals surface area contributed by atoms with Gasteiger partial charge in [-0.2, -0.15) is 9.78 Å². The average Bonchev–Trinajstić information content (AvgIpc) is 3.27. The maximum atomic E-state index is 13.3. The first kappa shape index (κ1) is 23.3. The summed E-state index contributed by atoms with van der Waals surface area (Å²) in [6, 6.07) is 29.9. The smallest absolute Gasteiger partial charge is 0.226 e. The molecule has 0 saturated heterocycles. The van der Waals surface area contributed by atoms with Gasteiger partial charge in [0.15, 0.2) is 5.82 Å². The van der Waals surface area contributed by atoms with Crippen LogP contribution >= 0.6 is 0 Å². The van der Waals surface area contributed by atoms with Gasteiger partial charge in [-0.15, -0.1) is 0 Å². The second-order valence-electron chi connectivity index (χ2n) is 8.86. The van der Waals surface area contributed by atoms with Crippen LogP contribution in [0.15, 0.2) is 91.0 Å². The number of hydrogen-bond donors (Lipinski definition) is 1. The van der Waals surface area contributed by atoms with Gasteiger partial charge in [0.2, 0.25) is 5.91 Å². The fourth-order valence-electron chi connectivity index (χ4n) is 4.59. The Balaban J connectivity index is 1.47. The molecule has 0 aliphatic carbocycles. The van der Waals surface area contributed by atoms with Crippen LogP contribution in [-0.2, 0) is 4.79 Å². The summed E-state index contributed by atoms with van der Waals surface area (Å²) in [4.78, 5) is 18.2. The Morgan fingerprint density at radius 2 is 1.58 bits per heavy atom. The fourth-order valence-corrected chi connectivity index (χ4v) is 4.59. The number of ether oxygens (including phenoxy) is 1. The van der Waals surface area contributed by atoms with Gasteiger partial charge in [-0.3, -0.25) is 4.79 Å². The summed E-state index contributed by atoms with van der Waals surface area (Å²) in [7, 11) is 1.64. The lowest BCUT2D eigenvalue weighted by Gasteiger charge is -2.18. The van der Waals surface area contributed by atoms with Crippen LogP contribution in [0.2, 0.25) is 0 Å². The molecule has 180 valence electrons. The fraction of sp³-hybridized carbons (Fsp3) is 0.167. The van der Waals surface area contributed by atoms with Crippen LogP contribution in [0, 0.1) is 13.8 Å². The lowest BCUT2D eigenvalue weighted by molar-refractivity contribution is -0.116. The topological polar surface area (TPSA) is 69.0 Å². The Bertz CT molecular complexity index is 1470. The largest absolute Gasteiger partial charge is 0.494 e. The molecule has 0 atom stereocenters. The van der Waals surface area contributed by atoms with Crippen molar-refractivity contribution in [1.29, 1.82) is 0 Å². The Morgan fingerprint density at radius 3 is 2.22 bits per heavy atom. The average molecular weight is 477 g/mol. The number of pyridine rings is 1. The molecule has 5 rings (SSSR count). The zero-order chi connectivity index (χ0) is 25.1. The Hall–Kier alpha value is -4.45. The van der Waals surface area contributed by atoms with E-state index in [0.717, 1.165) is 33.3 Å².